The molecule has 0 aromatic carbocycles. The third-order valence-corrected chi connectivity index (χ3v) is 3.58. The Hall–Kier alpha value is -0.0000000000000000763. The molecule has 0 aliphatic heterocycles. The zero-order valence-corrected chi connectivity index (χ0v) is 7.96. The molecule has 66 valence electrons. The third kappa shape index (κ3) is 6.40. The highest BCUT2D eigenvalue weighted by Crippen LogP contribution is 2.01. The van der Waals surface area contributed by atoms with E-state index in [1.165, 1.54) is 0 Å². The van der Waals surface area contributed by atoms with Crippen molar-refractivity contribution < 1.29 is 8.42 Å². The molecule has 2 N–H and O–H groups in total. The van der Waals surface area contributed by atoms with E-state index in [4.69, 9.17) is 5.73 Å². The molecule has 0 radical (unpaired) electrons. The van der Waals surface area contributed by atoms with E-state index in [1.54, 1.807) is 11.8 Å². The Kier molecular flexibility index (Phi) is 5.62. The van der Waals surface area contributed by atoms with Gasteiger partial charge in [0.1, 0.15) is 0 Å². The molecule has 0 aromatic heterocycles. The lowest BCUT2D eigenvalue weighted by Crippen LogP contribution is -2.07. The number of hydrogen-bond donors (Lipinski definition) is 1. The van der Waals surface area contributed by atoms with E-state index in [2.05, 4.69) is 6.58 Å². The summed E-state index contributed by atoms with van der Waals surface area (Å²) in [6, 6.07) is 0. The Bertz CT molecular complexity index is 199. The maximum absolute atomic E-state index is 10.8. The monoisotopic (exact) mass is 195 g/mol. The van der Waals surface area contributed by atoms with Crippen LogP contribution in [0.3, 0.4) is 0 Å². The average molecular weight is 195 g/mol. The topological polar surface area (TPSA) is 60.2 Å². The van der Waals surface area contributed by atoms with Crippen molar-refractivity contribution in [2.24, 2.45) is 5.73 Å². The van der Waals surface area contributed by atoms with Gasteiger partial charge in [-0.3, -0.25) is 0 Å². The quantitative estimate of drug-likeness (QED) is 0.617. The summed E-state index contributed by atoms with van der Waals surface area (Å²) in [4.78, 5) is 0. The summed E-state index contributed by atoms with van der Waals surface area (Å²) in [5, 5.41) is 0.996. The van der Waals surface area contributed by atoms with Crippen LogP contribution in [0.5, 0.6) is 0 Å². The highest BCUT2D eigenvalue weighted by molar-refractivity contribution is 8.01. The lowest BCUT2D eigenvalue weighted by atomic mass is 10.8. The summed E-state index contributed by atoms with van der Waals surface area (Å²) < 4.78 is 21.6. The standard InChI is InChI=1S/C6H13NO2S2/c1-2-11(8,9)6-5-10-4-3-7/h2H,1,3-7H2. The van der Waals surface area contributed by atoms with Crippen LogP contribution in [0.25, 0.3) is 0 Å². The van der Waals surface area contributed by atoms with E-state index >= 15 is 0 Å². The van der Waals surface area contributed by atoms with Crippen molar-refractivity contribution >= 4 is 21.6 Å². The van der Waals surface area contributed by atoms with Crippen molar-refractivity contribution in [2.45, 2.75) is 0 Å². The lowest BCUT2D eigenvalue weighted by molar-refractivity contribution is 0.606. The summed E-state index contributed by atoms with van der Waals surface area (Å²) in [6.45, 7) is 3.81. The minimum absolute atomic E-state index is 0.168. The SMILES string of the molecule is C=CS(=O)(=O)CCSCCN. The van der Waals surface area contributed by atoms with Crippen LogP contribution in [0.15, 0.2) is 12.0 Å². The van der Waals surface area contributed by atoms with Gasteiger partial charge in [-0.1, -0.05) is 6.58 Å². The lowest BCUT2D eigenvalue weighted by Gasteiger charge is -1.97. The van der Waals surface area contributed by atoms with E-state index in [1.807, 2.05) is 0 Å². The summed E-state index contributed by atoms with van der Waals surface area (Å²) in [6.07, 6.45) is 0. The van der Waals surface area contributed by atoms with Crippen LogP contribution in [0.1, 0.15) is 0 Å². The molecule has 0 amide bonds. The zero-order chi connectivity index (χ0) is 8.74. The number of nitrogens with two attached hydrogens (primary N) is 1. The summed E-state index contributed by atoms with van der Waals surface area (Å²) in [5.41, 5.74) is 5.22. The highest BCUT2D eigenvalue weighted by atomic mass is 32.2. The van der Waals surface area contributed by atoms with Crippen molar-refractivity contribution in [3.05, 3.63) is 12.0 Å². The first kappa shape index (κ1) is 11.0. The van der Waals surface area contributed by atoms with Crippen molar-refractivity contribution in [3.8, 4) is 0 Å². The molecule has 0 aliphatic carbocycles. The van der Waals surface area contributed by atoms with Crippen LogP contribution < -0.4 is 5.73 Å². The van der Waals surface area contributed by atoms with Gasteiger partial charge in [-0.2, -0.15) is 11.8 Å². The Morgan fingerprint density at radius 3 is 2.55 bits per heavy atom. The second-order valence-corrected chi connectivity index (χ2v) is 5.23. The fraction of sp³-hybridized carbons (Fsp3) is 0.667. The minimum Gasteiger partial charge on any atom is -0.330 e. The molecule has 5 heteroatoms. The maximum Gasteiger partial charge on any atom is 0.171 e. The molecule has 0 aromatic rings. The fourth-order valence-corrected chi connectivity index (χ4v) is 2.38. The second-order valence-electron chi connectivity index (χ2n) is 1.93. The van der Waals surface area contributed by atoms with Crippen LogP contribution >= 0.6 is 11.8 Å². The average Bonchev–Trinajstić information content (AvgIpc) is 1.99. The van der Waals surface area contributed by atoms with E-state index in [9.17, 15) is 8.42 Å². The molecular formula is C6H13NO2S2. The predicted molar refractivity (Wildman–Crippen MR) is 50.4 cm³/mol. The Labute approximate surface area is 72.0 Å². The molecule has 0 heterocycles. The molecule has 0 saturated heterocycles. The van der Waals surface area contributed by atoms with Gasteiger partial charge in [0, 0.05) is 23.5 Å². The number of rotatable bonds is 6. The molecule has 0 bridgehead atoms. The molecule has 0 rings (SSSR count). The molecule has 11 heavy (non-hydrogen) atoms. The Morgan fingerprint density at radius 2 is 2.09 bits per heavy atom. The molecule has 0 saturated carbocycles. The normalized spacial score (nSPS) is 11.4. The summed E-state index contributed by atoms with van der Waals surface area (Å²) in [5.74, 6) is 1.58. The minimum atomic E-state index is -3.00. The maximum atomic E-state index is 10.8. The van der Waals surface area contributed by atoms with Gasteiger partial charge in [-0.25, -0.2) is 8.42 Å². The summed E-state index contributed by atoms with van der Waals surface area (Å²) >= 11 is 1.54. The molecule has 0 fully saturated rings. The first-order valence-electron chi connectivity index (χ1n) is 3.25. The zero-order valence-electron chi connectivity index (χ0n) is 6.32. The molecule has 0 aliphatic rings. The second kappa shape index (κ2) is 5.62. The first-order chi connectivity index (χ1) is 5.12. The number of hydrogen-bond acceptors (Lipinski definition) is 4. The van der Waals surface area contributed by atoms with E-state index in [-0.39, 0.29) is 5.75 Å². The number of sulfone groups is 1. The van der Waals surface area contributed by atoms with Gasteiger partial charge in [-0.05, 0) is 0 Å². The van der Waals surface area contributed by atoms with Gasteiger partial charge in [0.25, 0.3) is 0 Å². The van der Waals surface area contributed by atoms with E-state index in [0.29, 0.717) is 12.3 Å². The van der Waals surface area contributed by atoms with Crippen molar-refractivity contribution in [3.63, 3.8) is 0 Å². The van der Waals surface area contributed by atoms with Crippen molar-refractivity contribution in [1.29, 1.82) is 0 Å². The third-order valence-electron chi connectivity index (χ3n) is 1.03. The van der Waals surface area contributed by atoms with Gasteiger partial charge in [0.05, 0.1) is 5.75 Å². The highest BCUT2D eigenvalue weighted by Gasteiger charge is 2.02. The van der Waals surface area contributed by atoms with Crippen molar-refractivity contribution in [1.82, 2.24) is 0 Å². The van der Waals surface area contributed by atoms with Crippen LogP contribution in [-0.4, -0.2) is 32.2 Å². The first-order valence-corrected chi connectivity index (χ1v) is 6.12. The van der Waals surface area contributed by atoms with E-state index in [0.717, 1.165) is 11.2 Å². The van der Waals surface area contributed by atoms with Gasteiger partial charge >= 0.3 is 0 Å². The van der Waals surface area contributed by atoms with E-state index < -0.39 is 9.84 Å². The van der Waals surface area contributed by atoms with Gasteiger partial charge in [-0.15, -0.1) is 0 Å². The largest absolute Gasteiger partial charge is 0.330 e. The van der Waals surface area contributed by atoms with Gasteiger partial charge < -0.3 is 5.73 Å². The molecule has 0 unspecified atom stereocenters. The molecule has 0 atom stereocenters. The molecular weight excluding hydrogens is 182 g/mol. The van der Waals surface area contributed by atoms with Crippen LogP contribution in [0, 0.1) is 0 Å². The Balaban J connectivity index is 3.47. The van der Waals surface area contributed by atoms with Gasteiger partial charge in [0.15, 0.2) is 9.84 Å². The van der Waals surface area contributed by atoms with Crippen molar-refractivity contribution in [2.75, 3.05) is 23.8 Å². The van der Waals surface area contributed by atoms with Gasteiger partial charge in [0.2, 0.25) is 0 Å². The Morgan fingerprint density at radius 1 is 1.45 bits per heavy atom. The fourth-order valence-electron chi connectivity index (χ4n) is 0.444. The molecule has 3 nitrogen and oxygen atoms in total. The number of thioether (sulfide) groups is 1. The predicted octanol–water partition coefficient (Wildman–Crippen LogP) is 0.237. The van der Waals surface area contributed by atoms with Crippen LogP contribution in [0.4, 0.5) is 0 Å². The summed E-state index contributed by atoms with van der Waals surface area (Å²) in [7, 11) is -3.00. The van der Waals surface area contributed by atoms with Crippen LogP contribution in [-0.2, 0) is 9.84 Å². The van der Waals surface area contributed by atoms with Crippen LogP contribution in [0.2, 0.25) is 0 Å². The smallest absolute Gasteiger partial charge is 0.171 e. The molecule has 0 spiro atoms.